The standard InChI is InChI=1S/C52H57N7O8/c53-47(62)51(30-10-32-58(51)45(60)43(55-49(64)65)28-22-36-12-4-1-5-13-36)40-24-18-38(19-25-40)34-57(42-16-8-3-9-17-42)35-39-20-26-41(27-21-39)52(48(54)63)31-11-33-59(52)46(61)44(56-50(66)67)29-23-37-14-6-2-7-15-37/h1-9,12-21,24-27,43-44,55-56H,10-11,22-23,28-35H2,(H2,53,62)(H2,54,63)(H,64,65)(H,66,67)/t43-,44-,51-,52-/m0/s1. The Kier molecular flexibility index (Phi) is 14.9. The van der Waals surface area contributed by atoms with Gasteiger partial charge in [0.25, 0.3) is 0 Å². The molecular formula is C52H57N7O8. The molecule has 67 heavy (non-hydrogen) atoms. The molecule has 7 rings (SSSR count). The molecule has 0 unspecified atom stereocenters. The maximum Gasteiger partial charge on any atom is 0.405 e. The molecule has 5 aromatic rings. The molecule has 2 fully saturated rings. The average Bonchev–Trinajstić information content (AvgIpc) is 4.00. The Bertz CT molecular complexity index is 2370. The van der Waals surface area contributed by atoms with Gasteiger partial charge in [0, 0.05) is 31.9 Å². The van der Waals surface area contributed by atoms with Gasteiger partial charge in [0.1, 0.15) is 23.2 Å². The number of carboxylic acid groups (broad SMARTS) is 2. The number of carbonyl (C=O) groups is 6. The zero-order valence-corrected chi connectivity index (χ0v) is 37.3. The van der Waals surface area contributed by atoms with Crippen LogP contribution in [0.15, 0.2) is 140 Å². The van der Waals surface area contributed by atoms with Gasteiger partial charge in [0.05, 0.1) is 0 Å². The van der Waals surface area contributed by atoms with E-state index in [1.54, 1.807) is 0 Å². The van der Waals surface area contributed by atoms with Crippen LogP contribution in [0.1, 0.15) is 71.9 Å². The van der Waals surface area contributed by atoms with Crippen LogP contribution < -0.4 is 27.0 Å². The van der Waals surface area contributed by atoms with E-state index >= 15 is 0 Å². The van der Waals surface area contributed by atoms with Crippen molar-refractivity contribution in [2.75, 3.05) is 18.0 Å². The zero-order valence-electron chi connectivity index (χ0n) is 37.3. The second kappa shape index (κ2) is 21.1. The first-order valence-corrected chi connectivity index (χ1v) is 22.6. The molecule has 6 amide bonds. The summed E-state index contributed by atoms with van der Waals surface area (Å²) in [6, 6.07) is 41.4. The van der Waals surface area contributed by atoms with Crippen molar-refractivity contribution in [2.24, 2.45) is 11.5 Å². The number of carbonyl (C=O) groups excluding carboxylic acids is 4. The molecule has 5 aromatic carbocycles. The summed E-state index contributed by atoms with van der Waals surface area (Å²) in [6.07, 6.45) is 0.196. The fourth-order valence-electron chi connectivity index (χ4n) is 9.82. The number of aryl methyl sites for hydroxylation is 2. The molecule has 15 heteroatoms. The highest BCUT2D eigenvalue weighted by Crippen LogP contribution is 2.41. The van der Waals surface area contributed by atoms with Gasteiger partial charge in [-0.15, -0.1) is 0 Å². The van der Waals surface area contributed by atoms with Crippen molar-refractivity contribution in [1.29, 1.82) is 0 Å². The summed E-state index contributed by atoms with van der Waals surface area (Å²) in [5.74, 6) is -2.40. The summed E-state index contributed by atoms with van der Waals surface area (Å²) in [4.78, 5) is 84.1. The second-order valence-corrected chi connectivity index (χ2v) is 17.3. The lowest BCUT2D eigenvalue weighted by Crippen LogP contribution is -2.58. The number of hydrogen-bond donors (Lipinski definition) is 6. The minimum absolute atomic E-state index is 0.198. The molecule has 2 aliphatic heterocycles. The van der Waals surface area contributed by atoms with Crippen molar-refractivity contribution in [3.63, 3.8) is 0 Å². The van der Waals surface area contributed by atoms with Gasteiger partial charge in [-0.05, 0) is 96.9 Å². The summed E-state index contributed by atoms with van der Waals surface area (Å²) in [5.41, 5.74) is 15.1. The minimum atomic E-state index is -1.47. The van der Waals surface area contributed by atoms with Gasteiger partial charge in [0.15, 0.2) is 0 Å². The molecule has 8 N–H and O–H groups in total. The van der Waals surface area contributed by atoms with Gasteiger partial charge in [-0.1, -0.05) is 127 Å². The third kappa shape index (κ3) is 10.6. The van der Waals surface area contributed by atoms with E-state index in [1.165, 1.54) is 9.80 Å². The first kappa shape index (κ1) is 47.3. The van der Waals surface area contributed by atoms with Crippen molar-refractivity contribution < 1.29 is 39.0 Å². The van der Waals surface area contributed by atoms with E-state index in [4.69, 9.17) is 11.5 Å². The average molecular weight is 908 g/mol. The second-order valence-electron chi connectivity index (χ2n) is 17.3. The van der Waals surface area contributed by atoms with Crippen LogP contribution in [0.5, 0.6) is 0 Å². The maximum absolute atomic E-state index is 14.2. The van der Waals surface area contributed by atoms with Gasteiger partial charge in [-0.25, -0.2) is 9.59 Å². The molecule has 15 nitrogen and oxygen atoms in total. The predicted molar refractivity (Wildman–Crippen MR) is 252 cm³/mol. The van der Waals surface area contributed by atoms with E-state index in [0.717, 1.165) is 27.9 Å². The number of benzene rings is 5. The number of para-hydroxylation sites is 1. The van der Waals surface area contributed by atoms with Crippen LogP contribution >= 0.6 is 0 Å². The highest BCUT2D eigenvalue weighted by molar-refractivity contribution is 5.96. The lowest BCUT2D eigenvalue weighted by atomic mass is 9.85. The Balaban J connectivity index is 1.10. The number of rotatable bonds is 19. The molecule has 2 aliphatic rings. The monoisotopic (exact) mass is 907 g/mol. The molecule has 2 heterocycles. The molecular weight excluding hydrogens is 851 g/mol. The number of anilines is 1. The lowest BCUT2D eigenvalue weighted by Gasteiger charge is -2.38. The molecule has 0 saturated carbocycles. The first-order chi connectivity index (χ1) is 32.3. The topological polar surface area (TPSA) is 229 Å². The minimum Gasteiger partial charge on any atom is -0.465 e. The van der Waals surface area contributed by atoms with E-state index in [-0.39, 0.29) is 38.8 Å². The van der Waals surface area contributed by atoms with Gasteiger partial charge in [-0.2, -0.15) is 0 Å². The summed E-state index contributed by atoms with van der Waals surface area (Å²) >= 11 is 0. The molecule has 348 valence electrons. The fourth-order valence-corrected chi connectivity index (χ4v) is 9.82. The Hall–Kier alpha value is -7.68. The van der Waals surface area contributed by atoms with Crippen LogP contribution in [0.2, 0.25) is 0 Å². The van der Waals surface area contributed by atoms with Crippen LogP contribution in [0, 0.1) is 0 Å². The Morgan fingerprint density at radius 3 is 1.22 bits per heavy atom. The third-order valence-electron chi connectivity index (χ3n) is 13.2. The largest absolute Gasteiger partial charge is 0.465 e. The van der Waals surface area contributed by atoms with Crippen LogP contribution in [0.3, 0.4) is 0 Å². The molecule has 0 spiro atoms. The third-order valence-corrected chi connectivity index (χ3v) is 13.2. The summed E-state index contributed by atoms with van der Waals surface area (Å²) < 4.78 is 0. The van der Waals surface area contributed by atoms with E-state index in [1.807, 2.05) is 140 Å². The van der Waals surface area contributed by atoms with Crippen molar-refractivity contribution in [3.8, 4) is 0 Å². The summed E-state index contributed by atoms with van der Waals surface area (Å²) in [5, 5.41) is 24.1. The first-order valence-electron chi connectivity index (χ1n) is 22.6. The molecule has 2 saturated heterocycles. The molecule has 4 atom stereocenters. The normalized spacial score (nSPS) is 18.7. The van der Waals surface area contributed by atoms with Crippen molar-refractivity contribution in [2.45, 2.75) is 87.6 Å². The molecule has 0 aliphatic carbocycles. The van der Waals surface area contributed by atoms with Gasteiger partial charge < -0.3 is 47.0 Å². The Morgan fingerprint density at radius 2 is 0.881 bits per heavy atom. The van der Waals surface area contributed by atoms with Crippen LogP contribution in [-0.4, -0.2) is 81.0 Å². The van der Waals surface area contributed by atoms with Gasteiger partial charge >= 0.3 is 12.2 Å². The molecule has 0 bridgehead atoms. The number of hydrogen-bond acceptors (Lipinski definition) is 7. The SMILES string of the molecule is NC(=O)[C@@]1(c2ccc(CN(Cc3ccc([C@]4(C(N)=O)CCCN4C(=O)[C@H](CCc4ccccc4)NC(=O)O)cc3)c3ccccc3)cc2)CCCN1C(=O)[C@H](CCc1ccccc1)NC(=O)O. The summed E-state index contributed by atoms with van der Waals surface area (Å²) in [6.45, 7) is 1.35. The predicted octanol–water partition coefficient (Wildman–Crippen LogP) is 6.04. The van der Waals surface area contributed by atoms with Gasteiger partial charge in [0.2, 0.25) is 23.6 Å². The number of nitrogens with one attached hydrogen (secondary N) is 2. The maximum atomic E-state index is 14.2. The number of primary amides is 2. The van der Waals surface area contributed by atoms with Gasteiger partial charge in [-0.3, -0.25) is 19.2 Å². The number of nitrogens with two attached hydrogens (primary N) is 2. The lowest BCUT2D eigenvalue weighted by molar-refractivity contribution is -0.145. The number of nitrogens with zero attached hydrogens (tertiary/aromatic N) is 3. The van der Waals surface area contributed by atoms with Crippen molar-refractivity contribution in [1.82, 2.24) is 20.4 Å². The fraction of sp³-hybridized carbons (Fsp3) is 0.308. The highest BCUT2D eigenvalue weighted by Gasteiger charge is 2.52. The number of amides is 6. The van der Waals surface area contributed by atoms with Crippen LogP contribution in [0.25, 0.3) is 0 Å². The van der Waals surface area contributed by atoms with E-state index in [9.17, 15) is 39.0 Å². The van der Waals surface area contributed by atoms with Crippen molar-refractivity contribution >= 4 is 41.5 Å². The molecule has 0 aromatic heterocycles. The van der Waals surface area contributed by atoms with Crippen molar-refractivity contribution in [3.05, 3.63) is 173 Å². The molecule has 0 radical (unpaired) electrons. The zero-order chi connectivity index (χ0) is 47.6. The Morgan fingerprint density at radius 1 is 0.522 bits per heavy atom. The number of likely N-dealkylation sites (tertiary alicyclic amines) is 2. The highest BCUT2D eigenvalue weighted by atomic mass is 16.4. The van der Waals surface area contributed by atoms with Crippen LogP contribution in [0.4, 0.5) is 15.3 Å². The smallest absolute Gasteiger partial charge is 0.405 e. The van der Waals surface area contributed by atoms with E-state index < -0.39 is 59.0 Å². The summed E-state index contributed by atoms with van der Waals surface area (Å²) in [7, 11) is 0. The van der Waals surface area contributed by atoms with E-state index in [2.05, 4.69) is 15.5 Å². The van der Waals surface area contributed by atoms with Crippen LogP contribution in [-0.2, 0) is 56.2 Å². The Labute approximate surface area is 389 Å². The quantitative estimate of drug-likeness (QED) is 0.0567. The van der Waals surface area contributed by atoms with E-state index in [0.29, 0.717) is 49.9 Å².